The Morgan fingerprint density at radius 2 is 1.21 bits per heavy atom. The Labute approximate surface area is 173 Å². The molecule has 28 heavy (non-hydrogen) atoms. The number of esters is 1. The first kappa shape index (κ1) is 27.4. The maximum atomic E-state index is 11.6. The molecule has 0 aliphatic heterocycles. The van der Waals surface area contributed by atoms with Gasteiger partial charge in [-0.25, -0.2) is 4.79 Å². The van der Waals surface area contributed by atoms with Gasteiger partial charge < -0.3 is 26.9 Å². The lowest BCUT2D eigenvalue weighted by Gasteiger charge is -2.34. The smallest absolute Gasteiger partial charge is 0.462 e. The fourth-order valence-corrected chi connectivity index (χ4v) is 10.4. The molecule has 0 rings (SSSR count). The summed E-state index contributed by atoms with van der Waals surface area (Å²) in [7, 11) is -5.28. The summed E-state index contributed by atoms with van der Waals surface area (Å²) in [6, 6.07) is 2.10. The van der Waals surface area contributed by atoms with Gasteiger partial charge in [-0.3, -0.25) is 0 Å². The van der Waals surface area contributed by atoms with Crippen molar-refractivity contribution >= 4 is 23.3 Å². The van der Waals surface area contributed by atoms with E-state index in [0.29, 0.717) is 57.7 Å². The lowest BCUT2D eigenvalue weighted by atomic mass is 10.4. The zero-order chi connectivity index (χ0) is 21.5. The topological polar surface area (TPSA) is 72.5 Å². The molecular formula is C19H40O7Si2. The van der Waals surface area contributed by atoms with Gasteiger partial charge in [-0.05, 0) is 60.1 Å². The van der Waals surface area contributed by atoms with E-state index in [-0.39, 0.29) is 5.97 Å². The van der Waals surface area contributed by atoms with Crippen LogP contribution < -0.4 is 0 Å². The summed E-state index contributed by atoms with van der Waals surface area (Å²) >= 11 is 0. The number of hydrogen-bond acceptors (Lipinski definition) is 7. The van der Waals surface area contributed by atoms with Crippen LogP contribution in [0, 0.1) is 0 Å². The molecule has 0 fully saturated rings. The van der Waals surface area contributed by atoms with Crippen LogP contribution in [0.4, 0.5) is 0 Å². The molecular weight excluding hydrogens is 396 g/mol. The maximum absolute atomic E-state index is 11.6. The average molecular weight is 437 g/mol. The van der Waals surface area contributed by atoms with Gasteiger partial charge in [-0.1, -0.05) is 6.58 Å². The van der Waals surface area contributed by atoms with Gasteiger partial charge in [0.25, 0.3) is 0 Å². The molecule has 7 nitrogen and oxygen atoms in total. The third-order valence-electron chi connectivity index (χ3n) is 4.00. The van der Waals surface area contributed by atoms with Crippen LogP contribution in [0.15, 0.2) is 12.2 Å². The van der Waals surface area contributed by atoms with E-state index in [1.54, 1.807) is 6.92 Å². The highest BCUT2D eigenvalue weighted by molar-refractivity contribution is 6.70. The minimum absolute atomic E-state index is 0.325. The van der Waals surface area contributed by atoms with Gasteiger partial charge in [-0.15, -0.1) is 0 Å². The minimum atomic E-state index is -2.77. The van der Waals surface area contributed by atoms with Gasteiger partial charge in [-0.2, -0.15) is 0 Å². The van der Waals surface area contributed by atoms with E-state index in [0.717, 1.165) is 12.1 Å². The summed E-state index contributed by atoms with van der Waals surface area (Å²) in [6.07, 6.45) is 0.678. The number of ether oxygens (including phenoxy) is 1. The molecule has 0 saturated heterocycles. The van der Waals surface area contributed by atoms with Crippen molar-refractivity contribution in [3.05, 3.63) is 12.2 Å². The lowest BCUT2D eigenvalue weighted by molar-refractivity contribution is -0.138. The van der Waals surface area contributed by atoms with Crippen molar-refractivity contribution in [1.29, 1.82) is 0 Å². The molecule has 0 aliphatic carbocycles. The van der Waals surface area contributed by atoms with Crippen molar-refractivity contribution in [1.82, 2.24) is 0 Å². The maximum Gasteiger partial charge on any atom is 0.500 e. The first-order valence-electron chi connectivity index (χ1n) is 10.4. The standard InChI is InChI=1S/C19H40O7Si2/c1-8-22-27(23-9-2,15-13-14-21-19(20)18(6)7)16-17-28(24-10-3,25-11-4)26-12-5/h6,8-17H2,1-5,7H3. The number of carbonyl (C=O) groups excluding carboxylic acids is 1. The van der Waals surface area contributed by atoms with E-state index in [1.165, 1.54) is 0 Å². The monoisotopic (exact) mass is 436 g/mol. The Balaban J connectivity index is 5.12. The first-order valence-corrected chi connectivity index (χ1v) is 14.5. The Morgan fingerprint density at radius 3 is 1.61 bits per heavy atom. The Hall–Kier alpha value is -0.556. The summed E-state index contributed by atoms with van der Waals surface area (Å²) in [5.41, 5.74) is 0.402. The molecule has 0 atom stereocenters. The molecule has 0 spiro atoms. The van der Waals surface area contributed by atoms with Gasteiger partial charge in [0.1, 0.15) is 0 Å². The Bertz CT molecular complexity index is 423. The second-order valence-electron chi connectivity index (χ2n) is 6.28. The van der Waals surface area contributed by atoms with Crippen molar-refractivity contribution in [2.24, 2.45) is 0 Å². The molecule has 0 radical (unpaired) electrons. The van der Waals surface area contributed by atoms with Crippen LogP contribution in [0.1, 0.15) is 48.0 Å². The van der Waals surface area contributed by atoms with Crippen LogP contribution in [0.2, 0.25) is 18.1 Å². The average Bonchev–Trinajstić information content (AvgIpc) is 2.64. The molecule has 0 N–H and O–H groups in total. The van der Waals surface area contributed by atoms with E-state index in [9.17, 15) is 4.79 Å². The molecule has 0 heterocycles. The molecule has 0 amide bonds. The highest BCUT2D eigenvalue weighted by atomic mass is 28.4. The van der Waals surface area contributed by atoms with Gasteiger partial charge in [0.15, 0.2) is 0 Å². The fraction of sp³-hybridized carbons (Fsp3) is 0.842. The molecule has 0 aromatic carbocycles. The number of hydrogen-bond donors (Lipinski definition) is 0. The van der Waals surface area contributed by atoms with Crippen LogP contribution in [0.25, 0.3) is 0 Å². The SMILES string of the molecule is C=C(C)C(=O)OCCC[Si](CC[Si](OCC)(OCC)OCC)(OCC)OCC. The van der Waals surface area contributed by atoms with E-state index in [4.69, 9.17) is 26.9 Å². The van der Waals surface area contributed by atoms with Gasteiger partial charge in [0, 0.05) is 44.7 Å². The van der Waals surface area contributed by atoms with Crippen LogP contribution >= 0.6 is 0 Å². The lowest BCUT2D eigenvalue weighted by Crippen LogP contribution is -2.50. The largest absolute Gasteiger partial charge is 0.500 e. The van der Waals surface area contributed by atoms with Gasteiger partial charge in [0.05, 0.1) is 6.61 Å². The number of carbonyl (C=O) groups is 1. The first-order chi connectivity index (χ1) is 13.3. The Morgan fingerprint density at radius 1 is 0.750 bits per heavy atom. The van der Waals surface area contributed by atoms with Gasteiger partial charge in [0.2, 0.25) is 0 Å². The zero-order valence-corrected chi connectivity index (χ0v) is 20.6. The molecule has 0 unspecified atom stereocenters. The second kappa shape index (κ2) is 15.3. The van der Waals surface area contributed by atoms with E-state index in [2.05, 4.69) is 6.58 Å². The van der Waals surface area contributed by atoms with Crippen molar-refractivity contribution in [2.75, 3.05) is 39.6 Å². The van der Waals surface area contributed by atoms with E-state index < -0.39 is 17.4 Å². The number of rotatable bonds is 18. The van der Waals surface area contributed by atoms with Crippen molar-refractivity contribution in [2.45, 2.75) is 66.1 Å². The summed E-state index contributed by atoms with van der Waals surface area (Å²) in [5.74, 6) is -0.365. The fourth-order valence-electron chi connectivity index (χ4n) is 2.96. The third-order valence-corrected chi connectivity index (χ3v) is 11.3. The molecule has 9 heteroatoms. The van der Waals surface area contributed by atoms with Crippen molar-refractivity contribution < 1.29 is 31.7 Å². The van der Waals surface area contributed by atoms with Crippen LogP contribution in [-0.2, 0) is 31.7 Å². The van der Waals surface area contributed by atoms with Crippen LogP contribution in [0.5, 0.6) is 0 Å². The molecule has 0 saturated carbocycles. The molecule has 0 aromatic heterocycles. The summed E-state index contributed by atoms with van der Waals surface area (Å²) in [5, 5.41) is 0. The van der Waals surface area contributed by atoms with Crippen molar-refractivity contribution in [3.63, 3.8) is 0 Å². The normalized spacial score (nSPS) is 12.2. The van der Waals surface area contributed by atoms with Crippen LogP contribution in [0.3, 0.4) is 0 Å². The minimum Gasteiger partial charge on any atom is -0.462 e. The summed E-state index contributed by atoms with van der Waals surface area (Å²) < 4.78 is 35.5. The quantitative estimate of drug-likeness (QED) is 0.139. The summed E-state index contributed by atoms with van der Waals surface area (Å²) in [4.78, 5) is 11.6. The molecule has 0 aliphatic rings. The highest BCUT2D eigenvalue weighted by Crippen LogP contribution is 2.29. The van der Waals surface area contributed by atoms with E-state index >= 15 is 0 Å². The predicted octanol–water partition coefficient (Wildman–Crippen LogP) is 4.06. The zero-order valence-electron chi connectivity index (χ0n) is 18.6. The van der Waals surface area contributed by atoms with E-state index in [1.807, 2.05) is 34.6 Å². The second-order valence-corrected chi connectivity index (χ2v) is 12.4. The molecule has 0 bridgehead atoms. The van der Waals surface area contributed by atoms with Crippen molar-refractivity contribution in [3.8, 4) is 0 Å². The van der Waals surface area contributed by atoms with Crippen LogP contribution in [-0.4, -0.2) is 63.0 Å². The third kappa shape index (κ3) is 10.3. The molecule has 166 valence electrons. The van der Waals surface area contributed by atoms with Gasteiger partial charge >= 0.3 is 23.3 Å². The predicted molar refractivity (Wildman–Crippen MR) is 114 cm³/mol. The molecule has 0 aromatic rings. The Kier molecular flexibility index (Phi) is 15.0. The highest BCUT2D eigenvalue weighted by Gasteiger charge is 2.46. The summed E-state index contributed by atoms with van der Waals surface area (Å²) in [6.45, 7) is 18.1.